The Bertz CT molecular complexity index is 733. The molecule has 0 amide bonds. The second-order valence-corrected chi connectivity index (χ2v) is 6.21. The Morgan fingerprint density at radius 3 is 2.57 bits per heavy atom. The first-order valence-electron chi connectivity index (χ1n) is 6.29. The summed E-state index contributed by atoms with van der Waals surface area (Å²) in [7, 11) is -4.05. The number of pyridine rings is 1. The van der Waals surface area contributed by atoms with Gasteiger partial charge in [-0.05, 0) is 38.1 Å². The fourth-order valence-electron chi connectivity index (χ4n) is 1.65. The molecule has 0 fully saturated rings. The van der Waals surface area contributed by atoms with Crippen LogP contribution in [0.15, 0.2) is 47.5 Å². The Balaban J connectivity index is 2.36. The van der Waals surface area contributed by atoms with Gasteiger partial charge in [-0.1, -0.05) is 12.1 Å². The SMILES string of the molecule is CC(C)Oc1ncccc1NS(=O)(=O)c1ccccc1F. The van der Waals surface area contributed by atoms with Gasteiger partial charge >= 0.3 is 0 Å². The molecule has 2 rings (SSSR count). The van der Waals surface area contributed by atoms with Gasteiger partial charge in [-0.2, -0.15) is 0 Å². The van der Waals surface area contributed by atoms with Gasteiger partial charge in [0.1, 0.15) is 16.4 Å². The third-order valence-electron chi connectivity index (χ3n) is 2.49. The van der Waals surface area contributed by atoms with Crippen molar-refractivity contribution in [2.75, 3.05) is 4.72 Å². The van der Waals surface area contributed by atoms with Crippen molar-refractivity contribution in [2.24, 2.45) is 0 Å². The average Bonchev–Trinajstić information content (AvgIpc) is 2.40. The number of hydrogen-bond donors (Lipinski definition) is 1. The normalized spacial score (nSPS) is 11.4. The molecule has 0 saturated heterocycles. The summed E-state index contributed by atoms with van der Waals surface area (Å²) in [6.07, 6.45) is 1.31. The molecule has 7 heteroatoms. The van der Waals surface area contributed by atoms with E-state index in [-0.39, 0.29) is 17.7 Å². The molecule has 0 radical (unpaired) electrons. The van der Waals surface area contributed by atoms with E-state index in [0.717, 1.165) is 6.07 Å². The van der Waals surface area contributed by atoms with E-state index in [1.165, 1.54) is 30.5 Å². The zero-order valence-corrected chi connectivity index (χ0v) is 12.4. The molecule has 1 heterocycles. The zero-order chi connectivity index (χ0) is 15.5. The monoisotopic (exact) mass is 310 g/mol. The van der Waals surface area contributed by atoms with E-state index in [1.54, 1.807) is 19.9 Å². The molecule has 0 spiro atoms. The number of nitrogens with one attached hydrogen (secondary N) is 1. The van der Waals surface area contributed by atoms with E-state index >= 15 is 0 Å². The van der Waals surface area contributed by atoms with E-state index in [0.29, 0.717) is 0 Å². The first-order valence-corrected chi connectivity index (χ1v) is 7.77. The molecule has 0 bridgehead atoms. The minimum absolute atomic E-state index is 0.146. The first-order chi connectivity index (χ1) is 9.90. The van der Waals surface area contributed by atoms with Crippen molar-refractivity contribution < 1.29 is 17.5 Å². The van der Waals surface area contributed by atoms with Crippen LogP contribution in [0.25, 0.3) is 0 Å². The van der Waals surface area contributed by atoms with Gasteiger partial charge in [0.2, 0.25) is 5.88 Å². The predicted molar refractivity (Wildman–Crippen MR) is 77.2 cm³/mol. The standard InChI is InChI=1S/C14H15FN2O3S/c1-10(2)20-14-12(7-5-9-16-14)17-21(18,19)13-8-4-3-6-11(13)15/h3-10,17H,1-2H3. The molecule has 1 aromatic carbocycles. The third-order valence-corrected chi connectivity index (χ3v) is 3.89. The summed E-state index contributed by atoms with van der Waals surface area (Å²) in [5.74, 6) is -0.673. The van der Waals surface area contributed by atoms with Gasteiger partial charge in [0.15, 0.2) is 0 Å². The number of sulfonamides is 1. The summed E-state index contributed by atoms with van der Waals surface area (Å²) < 4.78 is 45.8. The molecule has 1 N–H and O–H groups in total. The minimum atomic E-state index is -4.05. The van der Waals surface area contributed by atoms with Crippen molar-refractivity contribution in [3.05, 3.63) is 48.4 Å². The largest absolute Gasteiger partial charge is 0.473 e. The lowest BCUT2D eigenvalue weighted by atomic mass is 10.3. The summed E-state index contributed by atoms with van der Waals surface area (Å²) in [5.41, 5.74) is 0.162. The van der Waals surface area contributed by atoms with Crippen LogP contribution in [0.1, 0.15) is 13.8 Å². The summed E-state index contributed by atoms with van der Waals surface area (Å²) in [4.78, 5) is 3.55. The van der Waals surface area contributed by atoms with E-state index in [2.05, 4.69) is 9.71 Å². The molecular formula is C14H15FN2O3S. The lowest BCUT2D eigenvalue weighted by Gasteiger charge is -2.14. The van der Waals surface area contributed by atoms with Crippen LogP contribution in [0, 0.1) is 5.82 Å². The molecule has 0 atom stereocenters. The summed E-state index contributed by atoms with van der Waals surface area (Å²) in [5, 5.41) is 0. The van der Waals surface area contributed by atoms with Gasteiger partial charge in [-0.25, -0.2) is 17.8 Å². The number of benzene rings is 1. The van der Waals surface area contributed by atoms with Crippen LogP contribution in [-0.4, -0.2) is 19.5 Å². The van der Waals surface area contributed by atoms with Gasteiger partial charge in [0.25, 0.3) is 10.0 Å². The highest BCUT2D eigenvalue weighted by Crippen LogP contribution is 2.25. The Kier molecular flexibility index (Phi) is 4.42. The Hall–Kier alpha value is -2.15. The van der Waals surface area contributed by atoms with Crippen LogP contribution in [0.4, 0.5) is 10.1 Å². The molecule has 112 valence electrons. The van der Waals surface area contributed by atoms with Crippen molar-refractivity contribution >= 4 is 15.7 Å². The second kappa shape index (κ2) is 6.09. The van der Waals surface area contributed by atoms with Crippen molar-refractivity contribution in [3.63, 3.8) is 0 Å². The van der Waals surface area contributed by atoms with Gasteiger partial charge < -0.3 is 4.74 Å². The first kappa shape index (κ1) is 15.2. The molecule has 1 aromatic heterocycles. The molecule has 2 aromatic rings. The van der Waals surface area contributed by atoms with Gasteiger partial charge in [0, 0.05) is 6.20 Å². The molecule has 0 aliphatic carbocycles. The Labute approximate surface area is 122 Å². The number of nitrogens with zero attached hydrogens (tertiary/aromatic N) is 1. The van der Waals surface area contributed by atoms with Gasteiger partial charge in [-0.3, -0.25) is 4.72 Å². The quantitative estimate of drug-likeness (QED) is 0.922. The van der Waals surface area contributed by atoms with E-state index < -0.39 is 20.7 Å². The molecular weight excluding hydrogens is 295 g/mol. The molecule has 0 aliphatic heterocycles. The predicted octanol–water partition coefficient (Wildman–Crippen LogP) is 2.81. The van der Waals surface area contributed by atoms with Crippen LogP contribution < -0.4 is 9.46 Å². The Morgan fingerprint density at radius 2 is 1.90 bits per heavy atom. The highest BCUT2D eigenvalue weighted by atomic mass is 32.2. The minimum Gasteiger partial charge on any atom is -0.473 e. The maximum atomic E-state index is 13.6. The molecule has 21 heavy (non-hydrogen) atoms. The summed E-state index contributed by atoms with van der Waals surface area (Å²) in [6, 6.07) is 8.22. The van der Waals surface area contributed by atoms with Crippen molar-refractivity contribution in [1.29, 1.82) is 0 Å². The van der Waals surface area contributed by atoms with Crippen molar-refractivity contribution in [3.8, 4) is 5.88 Å². The number of hydrogen-bond acceptors (Lipinski definition) is 4. The van der Waals surface area contributed by atoms with Gasteiger partial charge in [-0.15, -0.1) is 0 Å². The van der Waals surface area contributed by atoms with Crippen molar-refractivity contribution in [1.82, 2.24) is 4.98 Å². The smallest absolute Gasteiger partial charge is 0.264 e. The lowest BCUT2D eigenvalue weighted by molar-refractivity contribution is 0.234. The lowest BCUT2D eigenvalue weighted by Crippen LogP contribution is -2.16. The molecule has 0 unspecified atom stereocenters. The van der Waals surface area contributed by atoms with Crippen LogP contribution >= 0.6 is 0 Å². The topological polar surface area (TPSA) is 68.3 Å². The number of rotatable bonds is 5. The number of aromatic nitrogens is 1. The zero-order valence-electron chi connectivity index (χ0n) is 11.6. The molecule has 5 nitrogen and oxygen atoms in total. The second-order valence-electron chi connectivity index (χ2n) is 4.56. The maximum Gasteiger partial charge on any atom is 0.264 e. The fraction of sp³-hybridized carbons (Fsp3) is 0.214. The van der Waals surface area contributed by atoms with E-state index in [1.807, 2.05) is 0 Å². The highest BCUT2D eigenvalue weighted by Gasteiger charge is 2.20. The van der Waals surface area contributed by atoms with Crippen LogP contribution in [0.5, 0.6) is 5.88 Å². The average molecular weight is 310 g/mol. The summed E-state index contributed by atoms with van der Waals surface area (Å²) >= 11 is 0. The Morgan fingerprint density at radius 1 is 1.19 bits per heavy atom. The fourth-order valence-corrected chi connectivity index (χ4v) is 2.79. The van der Waals surface area contributed by atoms with Gasteiger partial charge in [0.05, 0.1) is 6.10 Å². The third kappa shape index (κ3) is 3.69. The molecule has 0 saturated carbocycles. The van der Waals surface area contributed by atoms with E-state index in [9.17, 15) is 12.8 Å². The van der Waals surface area contributed by atoms with Crippen molar-refractivity contribution in [2.45, 2.75) is 24.8 Å². The van der Waals surface area contributed by atoms with E-state index in [4.69, 9.17) is 4.74 Å². The van der Waals surface area contributed by atoms with Crippen LogP contribution in [0.3, 0.4) is 0 Å². The highest BCUT2D eigenvalue weighted by molar-refractivity contribution is 7.92. The summed E-state index contributed by atoms with van der Waals surface area (Å²) in [6.45, 7) is 3.59. The maximum absolute atomic E-state index is 13.6. The van der Waals surface area contributed by atoms with Crippen LogP contribution in [0.2, 0.25) is 0 Å². The molecule has 0 aliphatic rings. The number of anilines is 1. The number of halogens is 1. The number of ether oxygens (including phenoxy) is 1. The van der Waals surface area contributed by atoms with Crippen LogP contribution in [-0.2, 0) is 10.0 Å².